The smallest absolute Gasteiger partial charge is 0.00262 e. The Hall–Kier alpha value is -6.50. The van der Waals surface area contributed by atoms with Crippen molar-refractivity contribution in [2.24, 2.45) is 0 Å². The Bertz CT molecular complexity index is 2520. The van der Waals surface area contributed by atoms with E-state index in [1.165, 1.54) is 88.3 Å². The van der Waals surface area contributed by atoms with Crippen LogP contribution in [0.4, 0.5) is 0 Å². The van der Waals surface area contributed by atoms with Gasteiger partial charge in [0.1, 0.15) is 0 Å². The molecule has 9 aromatic carbocycles. The van der Waals surface area contributed by atoms with Gasteiger partial charge in [-0.15, -0.1) is 0 Å². The summed E-state index contributed by atoms with van der Waals surface area (Å²) in [5.41, 5.74) is 14.8. The lowest BCUT2D eigenvalue weighted by Crippen LogP contribution is -1.91. The van der Waals surface area contributed by atoms with E-state index in [0.717, 1.165) is 0 Å². The highest BCUT2D eigenvalue weighted by Crippen LogP contribution is 2.44. The van der Waals surface area contributed by atoms with Gasteiger partial charge >= 0.3 is 0 Å². The van der Waals surface area contributed by atoms with E-state index in [9.17, 15) is 0 Å². The lowest BCUT2D eigenvalue weighted by molar-refractivity contribution is 1.58. The van der Waals surface area contributed by atoms with Crippen LogP contribution >= 0.6 is 0 Å². The van der Waals surface area contributed by atoms with Gasteiger partial charge in [0.2, 0.25) is 0 Å². The van der Waals surface area contributed by atoms with Gasteiger partial charge in [-0.3, -0.25) is 0 Å². The summed E-state index contributed by atoms with van der Waals surface area (Å²) >= 11 is 0. The van der Waals surface area contributed by atoms with Gasteiger partial charge in [-0.1, -0.05) is 200 Å². The fourth-order valence-electron chi connectivity index (χ4n) is 7.41. The average Bonchev–Trinajstić information content (AvgIpc) is 3.21. The molecule has 0 fully saturated rings. The molecule has 0 unspecified atom stereocenters. The molecular weight excluding hydrogens is 601 g/mol. The molecule has 0 aliphatic rings. The second-order valence-electron chi connectivity index (χ2n) is 12.9. The summed E-state index contributed by atoms with van der Waals surface area (Å²) < 4.78 is 0. The summed E-state index contributed by atoms with van der Waals surface area (Å²) in [5.74, 6) is 0. The Balaban J connectivity index is 1.11. The van der Waals surface area contributed by atoms with Crippen LogP contribution in [0.5, 0.6) is 0 Å². The van der Waals surface area contributed by atoms with Crippen LogP contribution in [0, 0.1) is 0 Å². The second kappa shape index (κ2) is 12.8. The molecule has 0 spiro atoms. The predicted molar refractivity (Wildman–Crippen MR) is 214 cm³/mol. The van der Waals surface area contributed by atoms with Crippen LogP contribution in [0.3, 0.4) is 0 Å². The second-order valence-corrected chi connectivity index (χ2v) is 12.9. The quantitative estimate of drug-likeness (QED) is 0.160. The number of fused-ring (bicyclic) bond motifs is 2. The molecule has 50 heavy (non-hydrogen) atoms. The Labute approximate surface area is 293 Å². The van der Waals surface area contributed by atoms with E-state index in [1.54, 1.807) is 0 Å². The third-order valence-electron chi connectivity index (χ3n) is 9.91. The Morgan fingerprint density at radius 1 is 0.160 bits per heavy atom. The first-order valence-electron chi connectivity index (χ1n) is 17.3. The monoisotopic (exact) mass is 634 g/mol. The highest BCUT2D eigenvalue weighted by atomic mass is 14.2. The van der Waals surface area contributed by atoms with E-state index in [0.29, 0.717) is 0 Å². The Kier molecular flexibility index (Phi) is 7.61. The van der Waals surface area contributed by atoms with Crippen LogP contribution in [-0.4, -0.2) is 0 Å². The van der Waals surface area contributed by atoms with Crippen molar-refractivity contribution < 1.29 is 0 Å². The normalized spacial score (nSPS) is 11.2. The van der Waals surface area contributed by atoms with Crippen molar-refractivity contribution >= 4 is 21.5 Å². The third kappa shape index (κ3) is 5.48. The zero-order valence-electron chi connectivity index (χ0n) is 27.6. The van der Waals surface area contributed by atoms with E-state index in [4.69, 9.17) is 0 Å². The molecule has 0 saturated heterocycles. The highest BCUT2D eigenvalue weighted by Gasteiger charge is 2.17. The highest BCUT2D eigenvalue weighted by molar-refractivity contribution is 6.21. The molecule has 0 aliphatic heterocycles. The minimum absolute atomic E-state index is 1.21. The molecule has 0 nitrogen and oxygen atoms in total. The molecule has 0 bridgehead atoms. The maximum atomic E-state index is 2.35. The number of benzene rings is 9. The standard InChI is InChI=1S/C50H34/c1-3-12-35(13-4-1)37-22-24-39(25-23-37)40-30-32-42(33-31-40)49-45-18-7-9-20-47(45)50(48-21-10-8-19-46(48)49)44-17-11-16-43(34-44)41-28-26-38(27-29-41)36-14-5-2-6-15-36/h1-34H. The molecule has 9 rings (SSSR count). The molecule has 234 valence electrons. The van der Waals surface area contributed by atoms with Crippen molar-refractivity contribution in [2.75, 3.05) is 0 Å². The average molecular weight is 635 g/mol. The molecule has 0 amide bonds. The van der Waals surface area contributed by atoms with Crippen LogP contribution in [0.15, 0.2) is 206 Å². The van der Waals surface area contributed by atoms with Crippen LogP contribution in [0.1, 0.15) is 0 Å². The van der Waals surface area contributed by atoms with Gasteiger partial charge in [-0.05, 0) is 94.4 Å². The Morgan fingerprint density at radius 3 is 0.820 bits per heavy atom. The summed E-state index contributed by atoms with van der Waals surface area (Å²) in [5, 5.41) is 5.05. The topological polar surface area (TPSA) is 0 Å². The van der Waals surface area contributed by atoms with Gasteiger partial charge in [-0.2, -0.15) is 0 Å². The molecule has 0 aromatic heterocycles. The van der Waals surface area contributed by atoms with E-state index in [2.05, 4.69) is 206 Å². The first-order chi connectivity index (χ1) is 24.8. The first kappa shape index (κ1) is 29.6. The third-order valence-corrected chi connectivity index (χ3v) is 9.91. The molecule has 0 N–H and O–H groups in total. The van der Waals surface area contributed by atoms with Crippen molar-refractivity contribution in [3.63, 3.8) is 0 Å². The van der Waals surface area contributed by atoms with Crippen molar-refractivity contribution in [2.45, 2.75) is 0 Å². The fourth-order valence-corrected chi connectivity index (χ4v) is 7.41. The van der Waals surface area contributed by atoms with E-state index in [1.807, 2.05) is 0 Å². The fraction of sp³-hybridized carbons (Fsp3) is 0. The van der Waals surface area contributed by atoms with Gasteiger partial charge < -0.3 is 0 Å². The zero-order valence-corrected chi connectivity index (χ0v) is 27.6. The maximum Gasteiger partial charge on any atom is -0.00262 e. The molecular formula is C50H34. The molecule has 0 atom stereocenters. The van der Waals surface area contributed by atoms with Crippen LogP contribution < -0.4 is 0 Å². The Morgan fingerprint density at radius 2 is 0.420 bits per heavy atom. The maximum absolute atomic E-state index is 2.35. The van der Waals surface area contributed by atoms with Gasteiger partial charge in [-0.25, -0.2) is 0 Å². The van der Waals surface area contributed by atoms with Crippen LogP contribution in [0.2, 0.25) is 0 Å². The van der Waals surface area contributed by atoms with Gasteiger partial charge in [0.25, 0.3) is 0 Å². The lowest BCUT2D eigenvalue weighted by atomic mass is 9.85. The summed E-state index contributed by atoms with van der Waals surface area (Å²) in [6.45, 7) is 0. The number of hydrogen-bond acceptors (Lipinski definition) is 0. The molecule has 0 heterocycles. The molecule has 9 aromatic rings. The van der Waals surface area contributed by atoms with Crippen molar-refractivity contribution in [1.82, 2.24) is 0 Å². The van der Waals surface area contributed by atoms with E-state index < -0.39 is 0 Å². The van der Waals surface area contributed by atoms with E-state index in [-0.39, 0.29) is 0 Å². The molecule has 0 radical (unpaired) electrons. The van der Waals surface area contributed by atoms with Gasteiger partial charge in [0.15, 0.2) is 0 Å². The zero-order chi connectivity index (χ0) is 33.3. The molecule has 0 heteroatoms. The predicted octanol–water partition coefficient (Wildman–Crippen LogP) is 14.0. The minimum atomic E-state index is 1.21. The van der Waals surface area contributed by atoms with E-state index >= 15 is 0 Å². The lowest BCUT2D eigenvalue weighted by Gasteiger charge is -2.18. The SMILES string of the molecule is c1ccc(-c2ccc(-c3ccc(-c4c5ccccc5c(-c5cccc(-c6ccc(-c7ccccc7)cc6)c5)c5ccccc45)cc3)cc2)cc1. The van der Waals surface area contributed by atoms with Crippen LogP contribution in [0.25, 0.3) is 88.3 Å². The first-order valence-corrected chi connectivity index (χ1v) is 17.3. The largest absolute Gasteiger partial charge is 0.0622 e. The number of rotatable bonds is 6. The minimum Gasteiger partial charge on any atom is -0.0622 e. The van der Waals surface area contributed by atoms with Crippen molar-refractivity contribution in [3.8, 4) is 66.8 Å². The van der Waals surface area contributed by atoms with Gasteiger partial charge in [0, 0.05) is 0 Å². The van der Waals surface area contributed by atoms with Gasteiger partial charge in [0.05, 0.1) is 0 Å². The number of hydrogen-bond donors (Lipinski definition) is 0. The summed E-state index contributed by atoms with van der Waals surface area (Å²) in [4.78, 5) is 0. The molecule has 0 saturated carbocycles. The van der Waals surface area contributed by atoms with Crippen molar-refractivity contribution in [1.29, 1.82) is 0 Å². The summed E-state index contributed by atoms with van der Waals surface area (Å²) in [6, 6.07) is 74.8. The summed E-state index contributed by atoms with van der Waals surface area (Å²) in [7, 11) is 0. The molecule has 0 aliphatic carbocycles. The summed E-state index contributed by atoms with van der Waals surface area (Å²) in [6.07, 6.45) is 0. The van der Waals surface area contributed by atoms with Crippen molar-refractivity contribution in [3.05, 3.63) is 206 Å². The van der Waals surface area contributed by atoms with Crippen LogP contribution in [-0.2, 0) is 0 Å².